The summed E-state index contributed by atoms with van der Waals surface area (Å²) in [6.45, 7) is 2.48. The number of hydrogen-bond acceptors (Lipinski definition) is 6. The average molecular weight is 356 g/mol. The van der Waals surface area contributed by atoms with Gasteiger partial charge in [0.2, 0.25) is 5.91 Å². The number of nitrogens with zero attached hydrogens (tertiary/aromatic N) is 3. The Morgan fingerprint density at radius 3 is 2.68 bits per heavy atom. The molecule has 0 radical (unpaired) electrons. The van der Waals surface area contributed by atoms with Crippen LogP contribution in [0.3, 0.4) is 0 Å². The highest BCUT2D eigenvalue weighted by molar-refractivity contribution is 7.99. The molecule has 0 aliphatic carbocycles. The molecule has 0 spiro atoms. The van der Waals surface area contributed by atoms with E-state index in [1.165, 1.54) is 24.1 Å². The Labute approximate surface area is 148 Å². The number of furan rings is 1. The van der Waals surface area contributed by atoms with E-state index in [-0.39, 0.29) is 11.5 Å². The second-order valence-corrected chi connectivity index (χ2v) is 6.19. The number of amides is 2. The van der Waals surface area contributed by atoms with Crippen molar-refractivity contribution in [2.24, 2.45) is 0 Å². The monoisotopic (exact) mass is 356 g/mol. The summed E-state index contributed by atoms with van der Waals surface area (Å²) in [7, 11) is 0. The zero-order valence-corrected chi connectivity index (χ0v) is 14.3. The second-order valence-electron chi connectivity index (χ2n) is 5.24. The zero-order chi connectivity index (χ0) is 17.6. The minimum atomic E-state index is -0.558. The first-order chi connectivity index (χ1) is 12.1. The number of hydrogen-bond donors (Lipinski definition) is 1. The predicted molar refractivity (Wildman–Crippen MR) is 92.2 cm³/mol. The molecule has 3 aromatic rings. The summed E-state index contributed by atoms with van der Waals surface area (Å²) in [6.07, 6.45) is 1.38. The lowest BCUT2D eigenvalue weighted by Crippen LogP contribution is -2.31. The van der Waals surface area contributed by atoms with Crippen LogP contribution in [0.1, 0.15) is 21.9 Å². The lowest BCUT2D eigenvalue weighted by molar-refractivity contribution is -0.117. The van der Waals surface area contributed by atoms with Gasteiger partial charge in [-0.3, -0.25) is 14.9 Å². The molecule has 0 bridgehead atoms. The maximum Gasteiger partial charge on any atom is 0.293 e. The lowest BCUT2D eigenvalue weighted by atomic mass is 10.2. The lowest BCUT2D eigenvalue weighted by Gasteiger charge is -2.08. The van der Waals surface area contributed by atoms with Crippen LogP contribution in [0.15, 0.2) is 58.3 Å². The Bertz CT molecular complexity index is 859. The fraction of sp³-hybridized carbons (Fsp3) is 0.176. The number of benzene rings is 1. The fourth-order valence-electron chi connectivity index (χ4n) is 2.18. The standard InChI is InChI=1S/C17H16N4O3S/c1-12-19-20-17(21(12)10-13-6-3-2-4-7-13)25-11-15(22)18-16(23)14-8-5-9-24-14/h2-9H,10-11H2,1H3,(H,18,22,23). The Kier molecular flexibility index (Phi) is 5.30. The first-order valence-electron chi connectivity index (χ1n) is 7.57. The van der Waals surface area contributed by atoms with Gasteiger partial charge < -0.3 is 8.98 Å². The molecule has 1 N–H and O–H groups in total. The molecule has 2 amide bonds. The molecule has 7 nitrogen and oxygen atoms in total. The smallest absolute Gasteiger partial charge is 0.293 e. The third kappa shape index (κ3) is 4.36. The van der Waals surface area contributed by atoms with Crippen molar-refractivity contribution in [1.82, 2.24) is 20.1 Å². The van der Waals surface area contributed by atoms with Crippen molar-refractivity contribution in [1.29, 1.82) is 0 Å². The molecule has 2 heterocycles. The van der Waals surface area contributed by atoms with Crippen LogP contribution < -0.4 is 5.32 Å². The van der Waals surface area contributed by atoms with Crippen LogP contribution >= 0.6 is 11.8 Å². The van der Waals surface area contributed by atoms with Gasteiger partial charge in [-0.1, -0.05) is 42.1 Å². The van der Waals surface area contributed by atoms with Crippen LogP contribution in [0.25, 0.3) is 0 Å². The number of carbonyl (C=O) groups is 2. The molecule has 128 valence electrons. The number of nitrogens with one attached hydrogen (secondary N) is 1. The van der Waals surface area contributed by atoms with E-state index in [9.17, 15) is 9.59 Å². The Hall–Kier alpha value is -2.87. The molecule has 0 fully saturated rings. The highest BCUT2D eigenvalue weighted by Gasteiger charge is 2.15. The number of thioether (sulfide) groups is 1. The second kappa shape index (κ2) is 7.80. The van der Waals surface area contributed by atoms with E-state index in [0.29, 0.717) is 11.7 Å². The van der Waals surface area contributed by atoms with Crippen molar-refractivity contribution in [3.8, 4) is 0 Å². The van der Waals surface area contributed by atoms with Gasteiger partial charge in [-0.25, -0.2) is 0 Å². The summed E-state index contributed by atoms with van der Waals surface area (Å²) < 4.78 is 6.88. The molecular formula is C17H16N4O3S. The number of carbonyl (C=O) groups excluding carboxylic acids is 2. The summed E-state index contributed by atoms with van der Waals surface area (Å²) in [4.78, 5) is 23.7. The van der Waals surface area contributed by atoms with E-state index in [1.807, 2.05) is 41.8 Å². The van der Waals surface area contributed by atoms with Gasteiger partial charge in [0.1, 0.15) is 5.82 Å². The number of imide groups is 1. The molecule has 3 rings (SSSR count). The van der Waals surface area contributed by atoms with Crippen molar-refractivity contribution in [3.63, 3.8) is 0 Å². The third-order valence-corrected chi connectivity index (χ3v) is 4.38. The Morgan fingerprint density at radius 2 is 1.96 bits per heavy atom. The SMILES string of the molecule is Cc1nnc(SCC(=O)NC(=O)c2ccco2)n1Cc1ccccc1. The van der Waals surface area contributed by atoms with Crippen molar-refractivity contribution in [2.45, 2.75) is 18.6 Å². The molecule has 0 saturated heterocycles. The van der Waals surface area contributed by atoms with Gasteiger partial charge in [-0.05, 0) is 24.6 Å². The van der Waals surface area contributed by atoms with Gasteiger partial charge in [0.25, 0.3) is 5.91 Å². The van der Waals surface area contributed by atoms with Crippen LogP contribution in [-0.4, -0.2) is 32.3 Å². The van der Waals surface area contributed by atoms with Gasteiger partial charge in [-0.15, -0.1) is 10.2 Å². The molecule has 8 heteroatoms. The van der Waals surface area contributed by atoms with Crippen LogP contribution in [0.4, 0.5) is 0 Å². The van der Waals surface area contributed by atoms with Gasteiger partial charge in [0, 0.05) is 0 Å². The Balaban J connectivity index is 1.60. The largest absolute Gasteiger partial charge is 0.459 e. The van der Waals surface area contributed by atoms with E-state index >= 15 is 0 Å². The molecule has 25 heavy (non-hydrogen) atoms. The van der Waals surface area contributed by atoms with E-state index < -0.39 is 11.8 Å². The summed E-state index contributed by atoms with van der Waals surface area (Å²) >= 11 is 1.23. The topological polar surface area (TPSA) is 90.0 Å². The molecule has 2 aromatic heterocycles. The van der Waals surface area contributed by atoms with E-state index in [0.717, 1.165) is 11.4 Å². The van der Waals surface area contributed by atoms with Crippen LogP contribution in [0.5, 0.6) is 0 Å². The minimum Gasteiger partial charge on any atom is -0.459 e. The number of aromatic nitrogens is 3. The Morgan fingerprint density at radius 1 is 1.16 bits per heavy atom. The molecule has 0 aliphatic rings. The minimum absolute atomic E-state index is 0.0549. The zero-order valence-electron chi connectivity index (χ0n) is 13.5. The highest BCUT2D eigenvalue weighted by atomic mass is 32.2. The summed E-state index contributed by atoms with van der Waals surface area (Å²) in [6, 6.07) is 13.0. The summed E-state index contributed by atoms with van der Waals surface area (Å²) in [5.41, 5.74) is 1.12. The maximum atomic E-state index is 11.9. The van der Waals surface area contributed by atoms with Crippen molar-refractivity contribution >= 4 is 23.6 Å². The van der Waals surface area contributed by atoms with Crippen LogP contribution in [0, 0.1) is 6.92 Å². The number of rotatable bonds is 6. The normalized spacial score (nSPS) is 10.6. The van der Waals surface area contributed by atoms with Gasteiger partial charge in [0.15, 0.2) is 10.9 Å². The fourth-order valence-corrected chi connectivity index (χ4v) is 2.96. The van der Waals surface area contributed by atoms with Gasteiger partial charge in [0.05, 0.1) is 18.6 Å². The molecule has 0 aliphatic heterocycles. The summed E-state index contributed by atoms with van der Waals surface area (Å²) in [5.74, 6) is -0.0602. The van der Waals surface area contributed by atoms with E-state index in [1.54, 1.807) is 6.07 Å². The van der Waals surface area contributed by atoms with Crippen LogP contribution in [-0.2, 0) is 11.3 Å². The van der Waals surface area contributed by atoms with E-state index in [4.69, 9.17) is 4.42 Å². The highest BCUT2D eigenvalue weighted by Crippen LogP contribution is 2.18. The molecule has 0 saturated carbocycles. The van der Waals surface area contributed by atoms with Crippen molar-refractivity contribution in [3.05, 3.63) is 65.9 Å². The first kappa shape index (κ1) is 17.0. The maximum absolute atomic E-state index is 11.9. The summed E-state index contributed by atoms with van der Waals surface area (Å²) in [5, 5.41) is 11.1. The van der Waals surface area contributed by atoms with Crippen LogP contribution in [0.2, 0.25) is 0 Å². The predicted octanol–water partition coefficient (Wildman–Crippen LogP) is 2.28. The quantitative estimate of drug-likeness (QED) is 0.682. The van der Waals surface area contributed by atoms with Gasteiger partial charge >= 0.3 is 0 Å². The number of aryl methyl sites for hydroxylation is 1. The average Bonchev–Trinajstić information content (AvgIpc) is 3.26. The molecule has 0 unspecified atom stereocenters. The van der Waals surface area contributed by atoms with Gasteiger partial charge in [-0.2, -0.15) is 0 Å². The molecule has 1 aromatic carbocycles. The molecular weight excluding hydrogens is 340 g/mol. The van der Waals surface area contributed by atoms with E-state index in [2.05, 4.69) is 15.5 Å². The third-order valence-electron chi connectivity index (χ3n) is 3.42. The molecule has 0 atom stereocenters. The van der Waals surface area contributed by atoms with Crippen molar-refractivity contribution in [2.75, 3.05) is 5.75 Å². The van der Waals surface area contributed by atoms with Crippen molar-refractivity contribution < 1.29 is 14.0 Å². The first-order valence-corrected chi connectivity index (χ1v) is 8.56.